The van der Waals surface area contributed by atoms with Gasteiger partial charge in [-0.05, 0) is 41.9 Å². The first-order valence-electron chi connectivity index (χ1n) is 6.05. The van der Waals surface area contributed by atoms with Crippen LogP contribution in [-0.4, -0.2) is 6.29 Å². The summed E-state index contributed by atoms with van der Waals surface area (Å²) in [6.45, 7) is 8.89. The van der Waals surface area contributed by atoms with E-state index < -0.39 is 0 Å². The smallest absolute Gasteiger partial charge is 0.120 e. The number of hydrogen-bond donors (Lipinski definition) is 0. The lowest BCUT2D eigenvalue weighted by molar-refractivity contribution is -0.107. The van der Waals surface area contributed by atoms with Gasteiger partial charge in [0.15, 0.2) is 0 Å². The first-order chi connectivity index (χ1) is 7.51. The number of aryl methyl sites for hydroxylation is 2. The molecule has 0 heterocycles. The van der Waals surface area contributed by atoms with Gasteiger partial charge in [-0.2, -0.15) is 0 Å². The molecule has 0 radical (unpaired) electrons. The van der Waals surface area contributed by atoms with Crippen molar-refractivity contribution in [2.45, 2.75) is 52.4 Å². The molecule has 0 fully saturated rings. The fourth-order valence-corrected chi connectivity index (χ4v) is 1.82. The normalized spacial score (nSPS) is 11.5. The molecule has 0 spiro atoms. The number of aldehydes is 1. The second kappa shape index (κ2) is 5.29. The highest BCUT2D eigenvalue weighted by Crippen LogP contribution is 2.28. The van der Waals surface area contributed by atoms with Crippen LogP contribution in [0.15, 0.2) is 18.2 Å². The molecule has 0 aliphatic heterocycles. The first-order valence-corrected chi connectivity index (χ1v) is 6.05. The molecule has 1 aromatic rings. The van der Waals surface area contributed by atoms with Crippen molar-refractivity contribution in [3.05, 3.63) is 34.9 Å². The van der Waals surface area contributed by atoms with E-state index in [1.54, 1.807) is 0 Å². The Hall–Kier alpha value is -1.11. The van der Waals surface area contributed by atoms with Crippen LogP contribution in [0.1, 0.15) is 50.3 Å². The summed E-state index contributed by atoms with van der Waals surface area (Å²) in [5.41, 5.74) is 4.24. The van der Waals surface area contributed by atoms with Gasteiger partial charge in [-0.25, -0.2) is 0 Å². The maximum absolute atomic E-state index is 10.4. The van der Waals surface area contributed by atoms with E-state index in [0.29, 0.717) is 6.42 Å². The van der Waals surface area contributed by atoms with Crippen LogP contribution in [0.4, 0.5) is 0 Å². The van der Waals surface area contributed by atoms with Gasteiger partial charge in [-0.15, -0.1) is 0 Å². The van der Waals surface area contributed by atoms with Crippen LogP contribution in [0.2, 0.25) is 0 Å². The van der Waals surface area contributed by atoms with Gasteiger partial charge in [0.25, 0.3) is 0 Å². The maximum atomic E-state index is 10.4. The molecule has 0 bridgehead atoms. The van der Waals surface area contributed by atoms with Crippen molar-refractivity contribution in [1.29, 1.82) is 0 Å². The molecule has 0 atom stereocenters. The number of carbonyl (C=O) groups is 1. The molecule has 0 N–H and O–H groups in total. The quantitative estimate of drug-likeness (QED) is 0.687. The number of benzene rings is 1. The summed E-state index contributed by atoms with van der Waals surface area (Å²) in [7, 11) is 0. The van der Waals surface area contributed by atoms with Crippen LogP contribution in [0.3, 0.4) is 0 Å². The number of carbonyl (C=O) groups excluding carboxylic acids is 1. The monoisotopic (exact) mass is 218 g/mol. The largest absolute Gasteiger partial charge is 0.303 e. The summed E-state index contributed by atoms with van der Waals surface area (Å²) in [6, 6.07) is 6.64. The topological polar surface area (TPSA) is 17.1 Å². The van der Waals surface area contributed by atoms with Crippen molar-refractivity contribution in [3.63, 3.8) is 0 Å². The predicted octanol–water partition coefficient (Wildman–Crippen LogP) is 3.81. The van der Waals surface area contributed by atoms with E-state index in [9.17, 15) is 4.79 Å². The Morgan fingerprint density at radius 2 is 2.00 bits per heavy atom. The maximum Gasteiger partial charge on any atom is 0.120 e. The summed E-state index contributed by atoms with van der Waals surface area (Å²) in [4.78, 5) is 10.4. The molecule has 0 aliphatic rings. The highest BCUT2D eigenvalue weighted by molar-refractivity contribution is 5.50. The Labute approximate surface area is 98.9 Å². The molecule has 1 aromatic carbocycles. The van der Waals surface area contributed by atoms with Gasteiger partial charge >= 0.3 is 0 Å². The van der Waals surface area contributed by atoms with E-state index in [1.807, 2.05) is 0 Å². The minimum absolute atomic E-state index is 0.244. The average Bonchev–Trinajstić information content (AvgIpc) is 2.27. The minimum atomic E-state index is 0.244. The summed E-state index contributed by atoms with van der Waals surface area (Å²) >= 11 is 0. The van der Waals surface area contributed by atoms with Crippen LogP contribution in [0.5, 0.6) is 0 Å². The van der Waals surface area contributed by atoms with Gasteiger partial charge in [0.2, 0.25) is 0 Å². The van der Waals surface area contributed by atoms with Crippen LogP contribution in [-0.2, 0) is 16.6 Å². The van der Waals surface area contributed by atoms with Crippen LogP contribution in [0.25, 0.3) is 0 Å². The molecule has 0 saturated heterocycles. The molecule has 0 unspecified atom stereocenters. The Morgan fingerprint density at radius 1 is 1.31 bits per heavy atom. The fourth-order valence-electron chi connectivity index (χ4n) is 1.82. The zero-order valence-electron chi connectivity index (χ0n) is 10.8. The van der Waals surface area contributed by atoms with E-state index >= 15 is 0 Å². The molecule has 0 aliphatic carbocycles. The highest BCUT2D eigenvalue weighted by Gasteiger charge is 2.18. The second-order valence-electron chi connectivity index (χ2n) is 5.08. The van der Waals surface area contributed by atoms with Crippen LogP contribution in [0, 0.1) is 6.92 Å². The number of rotatable bonds is 5. The van der Waals surface area contributed by atoms with E-state index in [0.717, 1.165) is 19.1 Å². The zero-order valence-corrected chi connectivity index (χ0v) is 10.8. The highest BCUT2D eigenvalue weighted by atomic mass is 16.1. The van der Waals surface area contributed by atoms with Gasteiger partial charge in [0, 0.05) is 6.42 Å². The zero-order chi connectivity index (χ0) is 12.2. The third kappa shape index (κ3) is 2.94. The molecular weight excluding hydrogens is 196 g/mol. The third-order valence-electron chi connectivity index (χ3n) is 3.54. The first kappa shape index (κ1) is 13.0. The molecular formula is C15H22O. The summed E-state index contributed by atoms with van der Waals surface area (Å²) in [6.07, 6.45) is 3.61. The Bertz CT molecular complexity index is 364. The van der Waals surface area contributed by atoms with Gasteiger partial charge in [-0.3, -0.25) is 0 Å². The standard InChI is InChI=1S/C15H22O/c1-5-15(3,4)14-9-8-13(7-6-10-16)12(2)11-14/h8-11H,5-7H2,1-4H3. The molecule has 0 amide bonds. The number of hydrogen-bond acceptors (Lipinski definition) is 1. The van der Waals surface area contributed by atoms with Crippen molar-refractivity contribution in [3.8, 4) is 0 Å². The Balaban J connectivity index is 2.94. The fraction of sp³-hybridized carbons (Fsp3) is 0.533. The van der Waals surface area contributed by atoms with E-state index in [2.05, 4.69) is 45.9 Å². The Morgan fingerprint density at radius 3 is 2.50 bits per heavy atom. The van der Waals surface area contributed by atoms with Crippen LogP contribution < -0.4 is 0 Å². The van der Waals surface area contributed by atoms with Crippen molar-refractivity contribution in [2.75, 3.05) is 0 Å². The Kier molecular flexibility index (Phi) is 4.28. The average molecular weight is 218 g/mol. The lowest BCUT2D eigenvalue weighted by Crippen LogP contribution is -2.15. The summed E-state index contributed by atoms with van der Waals surface area (Å²) in [5, 5.41) is 0. The van der Waals surface area contributed by atoms with Crippen LogP contribution >= 0.6 is 0 Å². The molecule has 0 saturated carbocycles. The van der Waals surface area contributed by atoms with Crippen molar-refractivity contribution in [2.24, 2.45) is 0 Å². The summed E-state index contributed by atoms with van der Waals surface area (Å²) in [5.74, 6) is 0. The lowest BCUT2D eigenvalue weighted by atomic mass is 9.81. The molecule has 16 heavy (non-hydrogen) atoms. The molecule has 0 aromatic heterocycles. The minimum Gasteiger partial charge on any atom is -0.303 e. The molecule has 1 nitrogen and oxygen atoms in total. The van der Waals surface area contributed by atoms with Crippen molar-refractivity contribution in [1.82, 2.24) is 0 Å². The third-order valence-corrected chi connectivity index (χ3v) is 3.54. The van der Waals surface area contributed by atoms with Gasteiger partial charge in [0.1, 0.15) is 6.29 Å². The predicted molar refractivity (Wildman–Crippen MR) is 68.9 cm³/mol. The van der Waals surface area contributed by atoms with E-state index in [1.165, 1.54) is 16.7 Å². The SMILES string of the molecule is CCC(C)(C)c1ccc(CCC=O)c(C)c1. The summed E-state index contributed by atoms with van der Waals surface area (Å²) < 4.78 is 0. The van der Waals surface area contributed by atoms with Crippen molar-refractivity contribution < 1.29 is 4.79 Å². The van der Waals surface area contributed by atoms with Gasteiger partial charge in [0.05, 0.1) is 0 Å². The second-order valence-corrected chi connectivity index (χ2v) is 5.08. The molecule has 1 rings (SSSR count). The van der Waals surface area contributed by atoms with E-state index in [-0.39, 0.29) is 5.41 Å². The lowest BCUT2D eigenvalue weighted by Gasteiger charge is -2.24. The molecule has 88 valence electrons. The van der Waals surface area contributed by atoms with Gasteiger partial charge < -0.3 is 4.79 Å². The van der Waals surface area contributed by atoms with Crippen molar-refractivity contribution >= 4 is 6.29 Å². The van der Waals surface area contributed by atoms with Gasteiger partial charge in [-0.1, -0.05) is 39.0 Å². The van der Waals surface area contributed by atoms with E-state index in [4.69, 9.17) is 0 Å². The molecule has 1 heteroatoms.